The van der Waals surface area contributed by atoms with Crippen molar-refractivity contribution in [2.75, 3.05) is 7.11 Å². The van der Waals surface area contributed by atoms with Crippen LogP contribution < -0.4 is 4.74 Å². The predicted octanol–water partition coefficient (Wildman–Crippen LogP) is 3.70. The van der Waals surface area contributed by atoms with E-state index in [0.717, 1.165) is 32.4 Å². The molecule has 4 atom stereocenters. The molecule has 0 aromatic heterocycles. The van der Waals surface area contributed by atoms with Gasteiger partial charge in [-0.05, 0) is 56.7 Å². The highest BCUT2D eigenvalue weighted by atomic mass is 16.6. The summed E-state index contributed by atoms with van der Waals surface area (Å²) in [6, 6.07) is 8.35. The van der Waals surface area contributed by atoms with Crippen molar-refractivity contribution in [2.45, 2.75) is 63.9 Å². The van der Waals surface area contributed by atoms with Crippen molar-refractivity contribution in [3.8, 4) is 5.75 Å². The van der Waals surface area contributed by atoms with E-state index in [1.165, 1.54) is 13.8 Å². The van der Waals surface area contributed by atoms with E-state index in [0.29, 0.717) is 6.42 Å². The molecule has 1 aromatic rings. The summed E-state index contributed by atoms with van der Waals surface area (Å²) in [5.74, 6) is -3.40. The lowest BCUT2D eigenvalue weighted by molar-refractivity contribution is -0.233. The highest BCUT2D eigenvalue weighted by Gasteiger charge is 2.54. The van der Waals surface area contributed by atoms with Crippen LogP contribution >= 0.6 is 0 Å². The van der Waals surface area contributed by atoms with E-state index in [1.807, 2.05) is 0 Å². The Morgan fingerprint density at radius 1 is 1.21 bits per heavy atom. The van der Waals surface area contributed by atoms with E-state index in [-0.39, 0.29) is 29.7 Å². The van der Waals surface area contributed by atoms with Gasteiger partial charge in [-0.3, -0.25) is 4.79 Å². The maximum atomic E-state index is 12.4. The van der Waals surface area contributed by atoms with Crippen molar-refractivity contribution in [3.63, 3.8) is 0 Å². The first kappa shape index (κ1) is 26.4. The highest BCUT2D eigenvalue weighted by molar-refractivity contribution is 5.81. The Labute approximate surface area is 195 Å². The third-order valence-corrected chi connectivity index (χ3v) is 5.88. The Morgan fingerprint density at radius 3 is 2.52 bits per heavy atom. The van der Waals surface area contributed by atoms with Crippen molar-refractivity contribution in [1.29, 1.82) is 0 Å². The quantitative estimate of drug-likeness (QED) is 0.239. The van der Waals surface area contributed by atoms with E-state index in [9.17, 15) is 19.8 Å². The monoisotopic (exact) mass is 458 g/mol. The number of para-hydroxylation sites is 1. The third kappa shape index (κ3) is 6.81. The van der Waals surface area contributed by atoms with Gasteiger partial charge in [-0.25, -0.2) is 4.79 Å². The molecule has 1 aromatic carbocycles. The molecule has 0 aliphatic heterocycles. The van der Waals surface area contributed by atoms with Crippen molar-refractivity contribution in [3.05, 3.63) is 60.4 Å². The van der Waals surface area contributed by atoms with Crippen LogP contribution in [0.3, 0.4) is 0 Å². The van der Waals surface area contributed by atoms with E-state index in [2.05, 4.69) is 24.8 Å². The van der Waals surface area contributed by atoms with Crippen molar-refractivity contribution < 1.29 is 34.0 Å². The molecule has 7 heteroatoms. The van der Waals surface area contributed by atoms with Crippen LogP contribution in [0, 0.1) is 11.8 Å². The molecular weight excluding hydrogens is 424 g/mol. The molecule has 1 aliphatic carbocycles. The number of aliphatic hydroxyl groups is 2. The van der Waals surface area contributed by atoms with Crippen LogP contribution in [0.1, 0.15) is 46.5 Å². The zero-order valence-corrected chi connectivity index (χ0v) is 19.7. The summed E-state index contributed by atoms with van der Waals surface area (Å²) >= 11 is 0. The number of hydrogen-bond acceptors (Lipinski definition) is 7. The summed E-state index contributed by atoms with van der Waals surface area (Å²) in [5, 5.41) is 21.5. The van der Waals surface area contributed by atoms with Crippen LogP contribution in [0.15, 0.2) is 60.4 Å². The highest BCUT2D eigenvalue weighted by Crippen LogP contribution is 2.38. The van der Waals surface area contributed by atoms with Gasteiger partial charge in [-0.2, -0.15) is 0 Å². The second kappa shape index (κ2) is 11.8. The lowest BCUT2D eigenvalue weighted by Crippen LogP contribution is -2.60. The number of carbonyl (C=O) groups excluding carboxylic acids is 2. The summed E-state index contributed by atoms with van der Waals surface area (Å²) in [6.07, 6.45) is 9.78. The van der Waals surface area contributed by atoms with Gasteiger partial charge < -0.3 is 24.4 Å². The van der Waals surface area contributed by atoms with Gasteiger partial charge >= 0.3 is 11.9 Å². The van der Waals surface area contributed by atoms with E-state index < -0.39 is 17.4 Å². The van der Waals surface area contributed by atoms with Crippen molar-refractivity contribution in [2.24, 2.45) is 11.8 Å². The lowest BCUT2D eigenvalue weighted by Gasteiger charge is -2.36. The smallest absolute Gasteiger partial charge is 0.356 e. The Balaban J connectivity index is 2.23. The van der Waals surface area contributed by atoms with Gasteiger partial charge in [0.25, 0.3) is 5.60 Å². The molecule has 33 heavy (non-hydrogen) atoms. The Kier molecular flexibility index (Phi) is 9.47. The number of carbonyl (C=O) groups is 2. The normalized spacial score (nSPS) is 22.2. The molecule has 0 bridgehead atoms. The number of allylic oxidation sites excluding steroid dienone is 2. The molecule has 1 saturated carbocycles. The molecule has 2 N–H and O–H groups in total. The number of rotatable bonds is 10. The second-order valence-corrected chi connectivity index (χ2v) is 8.31. The number of methoxy groups -OCH3 is 1. The summed E-state index contributed by atoms with van der Waals surface area (Å²) in [6.45, 7) is 4.70. The van der Waals surface area contributed by atoms with Crippen LogP contribution in [0.4, 0.5) is 0 Å². The SMILES string of the molecule is CCC=C[C@H]1CC[C@H](OC(C)=O)[C@@H]1CC=C=CC([16OH])([16OH])C(C)(Oc1ccccc1)C(=O)OC. The van der Waals surface area contributed by atoms with Crippen LogP contribution in [0.25, 0.3) is 0 Å². The fraction of sp³-hybridized carbons (Fsp3) is 0.500. The summed E-state index contributed by atoms with van der Waals surface area (Å²) in [5.41, 5.74) is 0.636. The molecule has 2 rings (SSSR count). The van der Waals surface area contributed by atoms with Crippen LogP contribution in [-0.2, 0) is 19.1 Å². The van der Waals surface area contributed by atoms with Gasteiger partial charge in [0, 0.05) is 18.9 Å². The zero-order chi connectivity index (χ0) is 24.5. The molecule has 1 fully saturated rings. The predicted molar refractivity (Wildman–Crippen MR) is 123 cm³/mol. The molecule has 180 valence electrons. The first-order chi connectivity index (χ1) is 15.6. The fourth-order valence-electron chi connectivity index (χ4n) is 4.00. The summed E-state index contributed by atoms with van der Waals surface area (Å²) < 4.78 is 15.9. The Hall–Kier alpha value is -2.86. The molecule has 0 radical (unpaired) electrons. The molecule has 7 nitrogen and oxygen atoms in total. The minimum Gasteiger partial charge on any atom is -0.470 e. The van der Waals surface area contributed by atoms with Crippen molar-refractivity contribution in [1.82, 2.24) is 0 Å². The van der Waals surface area contributed by atoms with Gasteiger partial charge in [0.2, 0.25) is 5.79 Å². The second-order valence-electron chi connectivity index (χ2n) is 8.31. The average Bonchev–Trinajstić information content (AvgIpc) is 3.15. The fourth-order valence-corrected chi connectivity index (χ4v) is 4.00. The van der Waals surface area contributed by atoms with Gasteiger partial charge in [0.15, 0.2) is 0 Å². The van der Waals surface area contributed by atoms with Gasteiger partial charge in [-0.15, -0.1) is 5.73 Å². The topological polar surface area (TPSA) is 102 Å². The molecule has 0 saturated heterocycles. The Bertz CT molecular complexity index is 883. The van der Waals surface area contributed by atoms with Gasteiger partial charge in [0.05, 0.1) is 7.11 Å². The van der Waals surface area contributed by atoms with Gasteiger partial charge in [-0.1, -0.05) is 37.3 Å². The minimum atomic E-state index is -2.71. The lowest BCUT2D eigenvalue weighted by atomic mass is 9.90. The summed E-state index contributed by atoms with van der Waals surface area (Å²) in [7, 11) is 1.14. The minimum absolute atomic E-state index is 0.0527. The van der Waals surface area contributed by atoms with Crippen molar-refractivity contribution >= 4 is 11.9 Å². The zero-order valence-electron chi connectivity index (χ0n) is 19.7. The molecule has 0 spiro atoms. The first-order valence-corrected chi connectivity index (χ1v) is 11.2. The molecule has 1 aliphatic rings. The maximum absolute atomic E-state index is 12.4. The van der Waals surface area contributed by atoms with Crippen LogP contribution in [0.2, 0.25) is 0 Å². The van der Waals surface area contributed by atoms with Crippen LogP contribution in [0.5, 0.6) is 5.75 Å². The number of hydrogen-bond donors (Lipinski definition) is 2. The number of esters is 2. The molecular formula is C26H34O7. The average molecular weight is 459 g/mol. The van der Waals surface area contributed by atoms with E-state index in [1.54, 1.807) is 36.4 Å². The summed E-state index contributed by atoms with van der Waals surface area (Å²) in [4.78, 5) is 23.9. The van der Waals surface area contributed by atoms with E-state index in [4.69, 9.17) is 14.2 Å². The Morgan fingerprint density at radius 2 is 1.91 bits per heavy atom. The molecule has 0 heterocycles. The third-order valence-electron chi connectivity index (χ3n) is 5.88. The standard InChI is InChI=1S/C26H34O7/c1-5-6-12-20-16-17-23(32-19(2)27)22(20)15-10-11-18-26(29,30)25(3,24(28)31-4)33-21-13-8-7-9-14-21/h6-10,12-14,18,20,22-23,29-30H,5,15-17H2,1-4H3/t11?,20-,22+,23-,25?/m0/s1/i29+0,30+0. The number of benzene rings is 1. The maximum Gasteiger partial charge on any atom is 0.356 e. The largest absolute Gasteiger partial charge is 0.470 e. The van der Waals surface area contributed by atoms with Crippen LogP contribution in [-0.4, -0.2) is 46.8 Å². The van der Waals surface area contributed by atoms with Gasteiger partial charge in [0.1, 0.15) is 11.9 Å². The number of ether oxygens (including phenoxy) is 3. The first-order valence-electron chi connectivity index (χ1n) is 11.2. The molecule has 0 amide bonds. The van der Waals surface area contributed by atoms with E-state index >= 15 is 0 Å². The molecule has 1 unspecified atom stereocenters.